The average Bonchev–Trinajstić information content (AvgIpc) is 2.99. The fourth-order valence-corrected chi connectivity index (χ4v) is 2.40. The van der Waals surface area contributed by atoms with Crippen LogP contribution in [0.15, 0.2) is 24.3 Å². The van der Waals surface area contributed by atoms with Crippen molar-refractivity contribution in [1.29, 1.82) is 0 Å². The number of rotatable bonds is 6. The number of hydrogen-bond acceptors (Lipinski definition) is 4. The van der Waals surface area contributed by atoms with Crippen LogP contribution >= 0.6 is 0 Å². The lowest BCUT2D eigenvalue weighted by Gasteiger charge is -2.18. The third-order valence-corrected chi connectivity index (χ3v) is 3.64. The molecule has 1 N–H and O–H groups in total. The zero-order valence-electron chi connectivity index (χ0n) is 12.4. The van der Waals surface area contributed by atoms with E-state index in [0.29, 0.717) is 13.2 Å². The summed E-state index contributed by atoms with van der Waals surface area (Å²) >= 11 is 0. The van der Waals surface area contributed by atoms with Crippen molar-refractivity contribution in [2.45, 2.75) is 26.7 Å². The van der Waals surface area contributed by atoms with Crippen LogP contribution in [0, 0.1) is 5.92 Å². The highest BCUT2D eigenvalue weighted by Gasteiger charge is 2.14. The number of carbonyl (C=O) groups is 1. The van der Waals surface area contributed by atoms with Gasteiger partial charge in [0.2, 0.25) is 0 Å². The Hall–Kier alpha value is -1.71. The molecule has 1 atom stereocenters. The van der Waals surface area contributed by atoms with E-state index in [0.717, 1.165) is 18.8 Å². The minimum Gasteiger partial charge on any atom is -0.466 e. The fraction of sp³-hybridized carbons (Fsp3) is 0.562. The first-order valence-electron chi connectivity index (χ1n) is 7.46. The number of nitrogens with one attached hydrogen (secondary N) is 1. The lowest BCUT2D eigenvalue weighted by Crippen LogP contribution is -2.22. The van der Waals surface area contributed by atoms with Gasteiger partial charge >= 0.3 is 5.97 Å². The third-order valence-electron chi connectivity index (χ3n) is 3.64. The number of esters is 1. The molecule has 1 aliphatic rings. The molecule has 0 spiro atoms. The summed E-state index contributed by atoms with van der Waals surface area (Å²) in [6.45, 7) is 7.06. The van der Waals surface area contributed by atoms with Crippen molar-refractivity contribution in [2.24, 2.45) is 5.92 Å². The standard InChI is InChI=1S/C16H24N2O2/c1-3-20-16(19)13(2)12-17-14-6-8-15(9-7-14)18-10-4-5-11-18/h6-9,13,17H,3-5,10-12H2,1-2H3. The maximum atomic E-state index is 11.5. The van der Waals surface area contributed by atoms with Gasteiger partial charge in [0.1, 0.15) is 0 Å². The number of nitrogens with zero attached hydrogens (tertiary/aromatic N) is 1. The van der Waals surface area contributed by atoms with Gasteiger partial charge in [-0.3, -0.25) is 4.79 Å². The van der Waals surface area contributed by atoms with Crippen LogP contribution in [0.4, 0.5) is 11.4 Å². The molecular weight excluding hydrogens is 252 g/mol. The second kappa shape index (κ2) is 7.17. The van der Waals surface area contributed by atoms with Crippen LogP contribution in [0.25, 0.3) is 0 Å². The highest BCUT2D eigenvalue weighted by molar-refractivity contribution is 5.72. The van der Waals surface area contributed by atoms with Crippen molar-refractivity contribution >= 4 is 17.3 Å². The first-order chi connectivity index (χ1) is 9.70. The molecule has 1 aromatic rings. The zero-order chi connectivity index (χ0) is 14.4. The molecule has 4 heteroatoms. The number of anilines is 2. The molecule has 1 heterocycles. The van der Waals surface area contributed by atoms with Gasteiger partial charge in [0.05, 0.1) is 12.5 Å². The largest absolute Gasteiger partial charge is 0.466 e. The van der Waals surface area contributed by atoms with E-state index in [1.165, 1.54) is 18.5 Å². The Morgan fingerprint density at radius 1 is 1.30 bits per heavy atom. The number of hydrogen-bond donors (Lipinski definition) is 1. The Bertz CT molecular complexity index is 425. The van der Waals surface area contributed by atoms with Gasteiger partial charge in [-0.15, -0.1) is 0 Å². The fourth-order valence-electron chi connectivity index (χ4n) is 2.40. The topological polar surface area (TPSA) is 41.6 Å². The summed E-state index contributed by atoms with van der Waals surface area (Å²) in [4.78, 5) is 13.9. The van der Waals surface area contributed by atoms with E-state index in [9.17, 15) is 4.79 Å². The van der Waals surface area contributed by atoms with E-state index in [-0.39, 0.29) is 11.9 Å². The predicted octanol–water partition coefficient (Wildman–Crippen LogP) is 2.90. The average molecular weight is 276 g/mol. The molecule has 0 aromatic heterocycles. The molecule has 0 saturated carbocycles. The van der Waals surface area contributed by atoms with Crippen molar-refractivity contribution in [3.63, 3.8) is 0 Å². The summed E-state index contributed by atoms with van der Waals surface area (Å²) in [5.41, 5.74) is 2.33. The third kappa shape index (κ3) is 3.89. The maximum Gasteiger partial charge on any atom is 0.310 e. The molecule has 0 amide bonds. The monoisotopic (exact) mass is 276 g/mol. The van der Waals surface area contributed by atoms with E-state index < -0.39 is 0 Å². The van der Waals surface area contributed by atoms with E-state index >= 15 is 0 Å². The van der Waals surface area contributed by atoms with Crippen LogP contribution in [0.2, 0.25) is 0 Å². The van der Waals surface area contributed by atoms with Crippen molar-refractivity contribution in [3.8, 4) is 0 Å². The van der Waals surface area contributed by atoms with Gasteiger partial charge < -0.3 is 15.0 Å². The van der Waals surface area contributed by atoms with Gasteiger partial charge in [-0.25, -0.2) is 0 Å². The maximum absolute atomic E-state index is 11.5. The zero-order valence-corrected chi connectivity index (χ0v) is 12.4. The van der Waals surface area contributed by atoms with Gasteiger partial charge in [-0.1, -0.05) is 6.92 Å². The number of benzene rings is 1. The summed E-state index contributed by atoms with van der Waals surface area (Å²) in [7, 11) is 0. The smallest absolute Gasteiger partial charge is 0.310 e. The van der Waals surface area contributed by atoms with Crippen LogP contribution in [-0.4, -0.2) is 32.2 Å². The van der Waals surface area contributed by atoms with Gasteiger partial charge in [0.25, 0.3) is 0 Å². The molecular formula is C16H24N2O2. The summed E-state index contributed by atoms with van der Waals surface area (Å²) in [5.74, 6) is -0.276. The molecule has 0 radical (unpaired) electrons. The van der Waals surface area contributed by atoms with Gasteiger partial charge in [0, 0.05) is 31.0 Å². The Kier molecular flexibility index (Phi) is 5.27. The van der Waals surface area contributed by atoms with Crippen LogP contribution in [0.3, 0.4) is 0 Å². The number of carbonyl (C=O) groups excluding carboxylic acids is 1. The molecule has 1 saturated heterocycles. The SMILES string of the molecule is CCOC(=O)C(C)CNc1ccc(N2CCCC2)cc1. The highest BCUT2D eigenvalue weighted by Crippen LogP contribution is 2.22. The molecule has 1 unspecified atom stereocenters. The summed E-state index contributed by atoms with van der Waals surface area (Å²) in [5, 5.41) is 3.28. The van der Waals surface area contributed by atoms with Crippen molar-refractivity contribution in [1.82, 2.24) is 0 Å². The van der Waals surface area contributed by atoms with Crippen molar-refractivity contribution in [2.75, 3.05) is 36.5 Å². The molecule has 110 valence electrons. The van der Waals surface area contributed by atoms with Crippen molar-refractivity contribution < 1.29 is 9.53 Å². The molecule has 0 aliphatic carbocycles. The van der Waals surface area contributed by atoms with Crippen LogP contribution in [-0.2, 0) is 9.53 Å². The first-order valence-corrected chi connectivity index (χ1v) is 7.46. The van der Waals surface area contributed by atoms with Crippen LogP contribution in [0.1, 0.15) is 26.7 Å². The Morgan fingerprint density at radius 3 is 2.55 bits per heavy atom. The Labute approximate surface area is 121 Å². The van der Waals surface area contributed by atoms with E-state index in [4.69, 9.17) is 4.74 Å². The number of ether oxygens (including phenoxy) is 1. The van der Waals surface area contributed by atoms with Gasteiger partial charge in [0.15, 0.2) is 0 Å². The predicted molar refractivity (Wildman–Crippen MR) is 82.2 cm³/mol. The highest BCUT2D eigenvalue weighted by atomic mass is 16.5. The van der Waals surface area contributed by atoms with E-state index in [1.807, 2.05) is 13.8 Å². The molecule has 1 aromatic carbocycles. The van der Waals surface area contributed by atoms with Crippen molar-refractivity contribution in [3.05, 3.63) is 24.3 Å². The minimum atomic E-state index is -0.145. The van der Waals surface area contributed by atoms with E-state index in [2.05, 4.69) is 34.5 Å². The normalized spacial score (nSPS) is 16.0. The van der Waals surface area contributed by atoms with Crippen LogP contribution in [0.5, 0.6) is 0 Å². The lowest BCUT2D eigenvalue weighted by atomic mass is 10.2. The summed E-state index contributed by atoms with van der Waals surface area (Å²) < 4.78 is 4.99. The van der Waals surface area contributed by atoms with Gasteiger partial charge in [-0.05, 0) is 44.0 Å². The first kappa shape index (κ1) is 14.7. The Balaban J connectivity index is 1.83. The van der Waals surface area contributed by atoms with E-state index in [1.54, 1.807) is 0 Å². The second-order valence-corrected chi connectivity index (χ2v) is 5.28. The summed E-state index contributed by atoms with van der Waals surface area (Å²) in [6.07, 6.45) is 2.58. The quantitative estimate of drug-likeness (QED) is 0.811. The molecule has 0 bridgehead atoms. The molecule has 1 aliphatic heterocycles. The second-order valence-electron chi connectivity index (χ2n) is 5.28. The van der Waals surface area contributed by atoms with Gasteiger partial charge in [-0.2, -0.15) is 0 Å². The van der Waals surface area contributed by atoms with Crippen LogP contribution < -0.4 is 10.2 Å². The minimum absolute atomic E-state index is 0.131. The summed E-state index contributed by atoms with van der Waals surface area (Å²) in [6, 6.07) is 8.43. The molecule has 4 nitrogen and oxygen atoms in total. The molecule has 2 rings (SSSR count). The molecule has 20 heavy (non-hydrogen) atoms. The molecule has 1 fully saturated rings. The Morgan fingerprint density at radius 2 is 1.95 bits per heavy atom. The lowest BCUT2D eigenvalue weighted by molar-refractivity contribution is -0.146.